The first kappa shape index (κ1) is 41.3. The highest BCUT2D eigenvalue weighted by atomic mass is 19.4. The molecule has 0 fully saturated rings. The van der Waals surface area contributed by atoms with E-state index in [-0.39, 0.29) is 23.3 Å². The SMILES string of the molecule is FC(F)(F)C(F)(F)C(F)(F)C(F)(F)C(F)(F)C(F)(F)C(F)(F)C(F)(F)c1ccc(-c2cc(-c3cccc4ccccc34)cc(-c3cccc4ccccc34)c2)cc1. The molecular formula is C40H21F17. The van der Waals surface area contributed by atoms with Crippen LogP contribution in [0, 0.1) is 0 Å². The molecule has 57 heavy (non-hydrogen) atoms. The molecule has 0 bridgehead atoms. The van der Waals surface area contributed by atoms with Crippen molar-refractivity contribution in [2.75, 3.05) is 0 Å². The van der Waals surface area contributed by atoms with Crippen molar-refractivity contribution >= 4 is 21.5 Å². The number of hydrogen-bond donors (Lipinski definition) is 0. The van der Waals surface area contributed by atoms with E-state index in [4.69, 9.17) is 0 Å². The number of benzene rings is 6. The minimum Gasteiger partial charge on any atom is -0.194 e. The lowest BCUT2D eigenvalue weighted by molar-refractivity contribution is -0.462. The lowest BCUT2D eigenvalue weighted by atomic mass is 9.86. The van der Waals surface area contributed by atoms with Crippen LogP contribution in [-0.4, -0.2) is 41.7 Å². The molecule has 0 heterocycles. The average molecular weight is 825 g/mol. The third-order valence-corrected chi connectivity index (χ3v) is 9.44. The fourth-order valence-corrected chi connectivity index (χ4v) is 6.28. The van der Waals surface area contributed by atoms with E-state index in [1.54, 1.807) is 66.7 Å². The molecule has 0 amide bonds. The first-order valence-electron chi connectivity index (χ1n) is 16.2. The van der Waals surface area contributed by atoms with Gasteiger partial charge in [0.2, 0.25) is 0 Å². The Labute approximate surface area is 310 Å². The molecule has 0 saturated carbocycles. The highest BCUT2D eigenvalue weighted by molar-refractivity contribution is 6.01. The number of rotatable bonds is 10. The van der Waals surface area contributed by atoms with E-state index in [1.807, 2.05) is 36.4 Å². The smallest absolute Gasteiger partial charge is 0.194 e. The zero-order valence-corrected chi connectivity index (χ0v) is 28.0. The van der Waals surface area contributed by atoms with E-state index in [1.165, 1.54) is 0 Å². The molecule has 17 heteroatoms. The minimum atomic E-state index is -8.69. The third kappa shape index (κ3) is 6.15. The minimum absolute atomic E-state index is 0.00416. The Bertz CT molecular complexity index is 2340. The second kappa shape index (κ2) is 13.4. The van der Waals surface area contributed by atoms with Crippen LogP contribution in [-0.2, 0) is 5.92 Å². The summed E-state index contributed by atoms with van der Waals surface area (Å²) in [6, 6.07) is 31.2. The summed E-state index contributed by atoms with van der Waals surface area (Å²) < 4.78 is 237. The van der Waals surface area contributed by atoms with Crippen molar-refractivity contribution in [1.82, 2.24) is 0 Å². The van der Waals surface area contributed by atoms with Crippen LogP contribution in [0.5, 0.6) is 0 Å². The van der Waals surface area contributed by atoms with E-state index >= 15 is 8.78 Å². The standard InChI is InChI=1S/C40H21F17/c41-33(42,34(43,44)35(45,46)36(47,48)37(49,50)38(51,52)39(53,54)40(55,56)57)28-17-15-22(16-18-28)25-19-26(31-13-5-9-23-7-1-3-11-29(23)31)21-27(20-25)32-14-6-10-24-8-2-4-12-30(24)32/h1-21H. The van der Waals surface area contributed by atoms with Gasteiger partial charge in [0, 0.05) is 5.56 Å². The first-order chi connectivity index (χ1) is 26.2. The molecule has 0 spiro atoms. The quantitative estimate of drug-likeness (QED) is 0.121. The van der Waals surface area contributed by atoms with Crippen LogP contribution < -0.4 is 0 Å². The van der Waals surface area contributed by atoms with Crippen LogP contribution in [0.1, 0.15) is 5.56 Å². The lowest BCUT2D eigenvalue weighted by Gasteiger charge is -2.42. The number of alkyl halides is 17. The molecule has 0 aliphatic rings. The molecular weight excluding hydrogens is 803 g/mol. The topological polar surface area (TPSA) is 0 Å². The van der Waals surface area contributed by atoms with E-state index in [9.17, 15) is 65.9 Å². The van der Waals surface area contributed by atoms with E-state index in [0.717, 1.165) is 21.5 Å². The highest BCUT2D eigenvalue weighted by Gasteiger charge is 2.95. The van der Waals surface area contributed by atoms with Crippen molar-refractivity contribution in [3.05, 3.63) is 133 Å². The highest BCUT2D eigenvalue weighted by Crippen LogP contribution is 2.65. The molecule has 0 N–H and O–H groups in total. The van der Waals surface area contributed by atoms with Crippen molar-refractivity contribution in [2.45, 2.75) is 47.6 Å². The predicted molar refractivity (Wildman–Crippen MR) is 177 cm³/mol. The van der Waals surface area contributed by atoms with Crippen LogP contribution in [0.15, 0.2) is 127 Å². The molecule has 6 aromatic carbocycles. The van der Waals surface area contributed by atoms with Gasteiger partial charge >= 0.3 is 47.6 Å². The maximum atomic E-state index is 15.1. The molecule has 0 saturated heterocycles. The average Bonchev–Trinajstić information content (AvgIpc) is 3.16. The maximum absolute atomic E-state index is 15.1. The molecule has 0 aromatic heterocycles. The van der Waals surface area contributed by atoms with Gasteiger partial charge in [-0.05, 0) is 73.1 Å². The zero-order valence-electron chi connectivity index (χ0n) is 28.0. The summed E-state index contributed by atoms with van der Waals surface area (Å²) in [6.45, 7) is 0. The Balaban J connectivity index is 1.44. The monoisotopic (exact) mass is 824 g/mol. The van der Waals surface area contributed by atoms with E-state index < -0.39 is 53.2 Å². The van der Waals surface area contributed by atoms with Crippen molar-refractivity contribution < 1.29 is 74.6 Å². The first-order valence-corrected chi connectivity index (χ1v) is 16.2. The van der Waals surface area contributed by atoms with Gasteiger partial charge in [0.25, 0.3) is 0 Å². The van der Waals surface area contributed by atoms with E-state index in [0.29, 0.717) is 34.4 Å². The Morgan fingerprint density at radius 3 is 1.05 bits per heavy atom. The summed E-state index contributed by atoms with van der Waals surface area (Å²) in [4.78, 5) is 0. The molecule has 0 unspecified atom stereocenters. The second-order valence-corrected chi connectivity index (χ2v) is 12.9. The van der Waals surface area contributed by atoms with Gasteiger partial charge in [0.05, 0.1) is 0 Å². The normalized spacial score (nSPS) is 14.1. The van der Waals surface area contributed by atoms with Crippen LogP contribution >= 0.6 is 0 Å². The Morgan fingerprint density at radius 2 is 0.632 bits per heavy atom. The number of hydrogen-bond acceptors (Lipinski definition) is 0. The zero-order chi connectivity index (χ0) is 42.2. The Hall–Kier alpha value is -5.35. The van der Waals surface area contributed by atoms with Gasteiger partial charge in [-0.3, -0.25) is 0 Å². The number of halogens is 17. The number of fused-ring (bicyclic) bond motifs is 2. The molecule has 0 nitrogen and oxygen atoms in total. The molecule has 0 atom stereocenters. The van der Waals surface area contributed by atoms with Gasteiger partial charge in [-0.15, -0.1) is 0 Å². The Kier molecular flexibility index (Phi) is 9.68. The van der Waals surface area contributed by atoms with Gasteiger partial charge in [0.1, 0.15) is 0 Å². The Morgan fingerprint density at radius 1 is 0.281 bits per heavy atom. The van der Waals surface area contributed by atoms with Crippen molar-refractivity contribution in [3.8, 4) is 33.4 Å². The van der Waals surface area contributed by atoms with Crippen molar-refractivity contribution in [2.24, 2.45) is 0 Å². The van der Waals surface area contributed by atoms with Gasteiger partial charge in [-0.2, -0.15) is 74.6 Å². The van der Waals surface area contributed by atoms with Gasteiger partial charge in [-0.25, -0.2) is 0 Å². The van der Waals surface area contributed by atoms with Crippen molar-refractivity contribution in [1.29, 1.82) is 0 Å². The summed E-state index contributed by atoms with van der Waals surface area (Å²) >= 11 is 0. The van der Waals surface area contributed by atoms with Crippen LogP contribution in [0.25, 0.3) is 54.9 Å². The summed E-state index contributed by atoms with van der Waals surface area (Å²) in [5.41, 5.74) is 0.221. The summed E-state index contributed by atoms with van der Waals surface area (Å²) in [5.74, 6) is -57.0. The van der Waals surface area contributed by atoms with E-state index in [2.05, 4.69) is 0 Å². The molecule has 0 radical (unpaired) electrons. The maximum Gasteiger partial charge on any atom is 0.460 e. The van der Waals surface area contributed by atoms with Gasteiger partial charge < -0.3 is 0 Å². The van der Waals surface area contributed by atoms with Crippen molar-refractivity contribution in [3.63, 3.8) is 0 Å². The molecule has 6 rings (SSSR count). The molecule has 0 aliphatic carbocycles. The van der Waals surface area contributed by atoms with Gasteiger partial charge in [0.15, 0.2) is 0 Å². The largest absolute Gasteiger partial charge is 0.460 e. The summed E-state index contributed by atoms with van der Waals surface area (Å²) in [6.07, 6.45) is -7.82. The fourth-order valence-electron chi connectivity index (χ4n) is 6.28. The summed E-state index contributed by atoms with van der Waals surface area (Å²) in [7, 11) is 0. The molecule has 6 aromatic rings. The lowest BCUT2D eigenvalue weighted by Crippen LogP contribution is -2.74. The van der Waals surface area contributed by atoms with Crippen LogP contribution in [0.2, 0.25) is 0 Å². The van der Waals surface area contributed by atoms with Crippen LogP contribution in [0.4, 0.5) is 74.6 Å². The summed E-state index contributed by atoms with van der Waals surface area (Å²) in [5, 5.41) is 3.16. The molecule has 300 valence electrons. The second-order valence-electron chi connectivity index (χ2n) is 12.9. The predicted octanol–water partition coefficient (Wildman–Crippen LogP) is 14.5. The third-order valence-electron chi connectivity index (χ3n) is 9.44. The fraction of sp³-hybridized carbons (Fsp3) is 0.200. The molecule has 0 aliphatic heterocycles. The van der Waals surface area contributed by atoms with Gasteiger partial charge in [-0.1, -0.05) is 109 Å². The van der Waals surface area contributed by atoms with Crippen LogP contribution in [0.3, 0.4) is 0 Å².